The van der Waals surface area contributed by atoms with Crippen LogP contribution in [-0.4, -0.2) is 44.1 Å². The van der Waals surface area contributed by atoms with Crippen LogP contribution in [0.4, 0.5) is 8.78 Å². The fourth-order valence-corrected chi connectivity index (χ4v) is 2.53. The maximum absolute atomic E-state index is 13.2. The highest BCUT2D eigenvalue weighted by Crippen LogP contribution is 2.29. The van der Waals surface area contributed by atoms with Gasteiger partial charge >= 0.3 is 15.4 Å². The molecule has 0 spiro atoms. The topological polar surface area (TPSA) is 85.4 Å². The summed E-state index contributed by atoms with van der Waals surface area (Å²) >= 11 is 0. The zero-order valence-corrected chi connectivity index (χ0v) is 13.8. The van der Waals surface area contributed by atoms with Crippen molar-refractivity contribution in [2.75, 3.05) is 19.8 Å². The van der Waals surface area contributed by atoms with Crippen LogP contribution >= 0.6 is 0 Å². The molecule has 9 heteroatoms. The van der Waals surface area contributed by atoms with E-state index in [2.05, 4.69) is 0 Å². The molecule has 3 rings (SSSR count). The van der Waals surface area contributed by atoms with Gasteiger partial charge in [0.25, 0.3) is 0 Å². The molecule has 0 radical (unpaired) electrons. The van der Waals surface area contributed by atoms with Crippen molar-refractivity contribution in [2.45, 2.75) is 18.0 Å². The van der Waals surface area contributed by atoms with Gasteiger partial charge in [0, 0.05) is 5.39 Å². The zero-order valence-electron chi connectivity index (χ0n) is 13.0. The van der Waals surface area contributed by atoms with Crippen LogP contribution in [0.25, 0.3) is 10.8 Å². The summed E-state index contributed by atoms with van der Waals surface area (Å²) in [6.07, 6.45) is 0.101. The molecule has 1 unspecified atom stereocenters. The Bertz CT molecular complexity index is 864. The van der Waals surface area contributed by atoms with Gasteiger partial charge in [-0.1, -0.05) is 30.3 Å². The maximum Gasteiger partial charge on any atom is 0.392 e. The molecule has 1 aliphatic rings. The van der Waals surface area contributed by atoms with Crippen LogP contribution in [0.5, 0.6) is 5.75 Å². The smallest absolute Gasteiger partial charge is 0.392 e. The number of epoxide rings is 1. The molecule has 0 aliphatic carbocycles. The largest absolute Gasteiger partial charge is 0.490 e. The molecule has 1 N–H and O–H groups in total. The van der Waals surface area contributed by atoms with Crippen molar-refractivity contribution in [1.82, 2.24) is 0 Å². The molecule has 1 atom stereocenters. The third kappa shape index (κ3) is 4.24. The first-order valence-corrected chi connectivity index (χ1v) is 8.89. The summed E-state index contributed by atoms with van der Waals surface area (Å²) in [5, 5.41) is -2.83. The van der Waals surface area contributed by atoms with Crippen LogP contribution in [0, 0.1) is 0 Å². The van der Waals surface area contributed by atoms with Crippen LogP contribution in [0.15, 0.2) is 36.4 Å². The maximum atomic E-state index is 13.2. The first kappa shape index (κ1) is 18.0. The first-order valence-electron chi connectivity index (χ1n) is 7.45. The van der Waals surface area contributed by atoms with Crippen LogP contribution in [-0.2, 0) is 26.2 Å². The number of hydrogen-bond acceptors (Lipinski definition) is 5. The molecule has 1 saturated heterocycles. The number of alkyl halides is 2. The lowest BCUT2D eigenvalue weighted by atomic mass is 10.0. The molecule has 2 aromatic rings. The summed E-state index contributed by atoms with van der Waals surface area (Å²) in [6.45, 7) is -0.568. The average Bonchev–Trinajstić information content (AvgIpc) is 3.36. The predicted molar refractivity (Wildman–Crippen MR) is 85.3 cm³/mol. The molecular weight excluding hydrogens is 358 g/mol. The van der Waals surface area contributed by atoms with E-state index in [0.29, 0.717) is 24.5 Å². The summed E-state index contributed by atoms with van der Waals surface area (Å²) < 4.78 is 71.7. The van der Waals surface area contributed by atoms with E-state index in [9.17, 15) is 17.2 Å². The number of ether oxygens (including phenoxy) is 3. The highest BCUT2D eigenvalue weighted by molar-refractivity contribution is 7.86. The van der Waals surface area contributed by atoms with E-state index in [4.69, 9.17) is 18.8 Å². The summed E-state index contributed by atoms with van der Waals surface area (Å²) in [6, 6.07) is 10.6. The van der Waals surface area contributed by atoms with E-state index >= 15 is 0 Å². The van der Waals surface area contributed by atoms with Gasteiger partial charge in [-0.25, -0.2) is 0 Å². The van der Waals surface area contributed by atoms with E-state index in [1.165, 1.54) is 0 Å². The van der Waals surface area contributed by atoms with Gasteiger partial charge in [0.2, 0.25) is 0 Å². The van der Waals surface area contributed by atoms with Crippen LogP contribution in [0.2, 0.25) is 0 Å². The Labute approximate surface area is 143 Å². The molecule has 136 valence electrons. The molecule has 0 aromatic heterocycles. The van der Waals surface area contributed by atoms with Crippen molar-refractivity contribution in [2.24, 2.45) is 0 Å². The van der Waals surface area contributed by atoms with Crippen molar-refractivity contribution in [3.05, 3.63) is 42.0 Å². The molecule has 6 nitrogen and oxygen atoms in total. The molecule has 0 bridgehead atoms. The van der Waals surface area contributed by atoms with E-state index in [1.807, 2.05) is 6.07 Å². The first-order chi connectivity index (χ1) is 11.8. The highest BCUT2D eigenvalue weighted by atomic mass is 32.2. The van der Waals surface area contributed by atoms with Crippen molar-refractivity contribution in [3.63, 3.8) is 0 Å². The summed E-state index contributed by atoms with van der Waals surface area (Å²) in [5.41, 5.74) is 0.594. The second-order valence-corrected chi connectivity index (χ2v) is 7.19. The molecule has 1 aliphatic heterocycles. The fourth-order valence-electron chi connectivity index (χ4n) is 2.30. The van der Waals surface area contributed by atoms with Gasteiger partial charge in [-0.05, 0) is 17.0 Å². The third-order valence-electron chi connectivity index (χ3n) is 3.70. The number of rotatable bonds is 8. The van der Waals surface area contributed by atoms with E-state index in [-0.39, 0.29) is 12.7 Å². The van der Waals surface area contributed by atoms with Crippen molar-refractivity contribution in [3.8, 4) is 5.75 Å². The minimum atomic E-state index is -5.51. The van der Waals surface area contributed by atoms with Crippen LogP contribution in [0.3, 0.4) is 0 Å². The predicted octanol–water partition coefficient (Wildman–Crippen LogP) is 2.61. The molecule has 2 aromatic carbocycles. The van der Waals surface area contributed by atoms with Crippen molar-refractivity contribution >= 4 is 20.9 Å². The van der Waals surface area contributed by atoms with Gasteiger partial charge in [0.1, 0.15) is 25.1 Å². The minimum Gasteiger partial charge on any atom is -0.490 e. The van der Waals surface area contributed by atoms with Crippen LogP contribution < -0.4 is 4.74 Å². The SMILES string of the molecule is O=S(=O)(O)C(F)(F)COCc1cccc2c(OCC3CO3)cccc12. The number of benzene rings is 2. The Balaban J connectivity index is 1.74. The summed E-state index contributed by atoms with van der Waals surface area (Å²) in [7, 11) is -5.51. The second-order valence-electron chi connectivity index (χ2n) is 5.64. The highest BCUT2D eigenvalue weighted by Gasteiger charge is 2.44. The van der Waals surface area contributed by atoms with Gasteiger partial charge in [0.15, 0.2) is 0 Å². The number of hydrogen-bond donors (Lipinski definition) is 1. The molecular formula is C16H16F2O6S. The van der Waals surface area contributed by atoms with E-state index in [0.717, 1.165) is 10.8 Å². The lowest BCUT2D eigenvalue weighted by molar-refractivity contribution is -0.0262. The second kappa shape index (κ2) is 6.83. The Morgan fingerprint density at radius 1 is 1.20 bits per heavy atom. The van der Waals surface area contributed by atoms with Gasteiger partial charge in [-0.3, -0.25) is 4.55 Å². The molecule has 1 fully saturated rings. The Morgan fingerprint density at radius 3 is 2.56 bits per heavy atom. The molecule has 0 saturated carbocycles. The van der Waals surface area contributed by atoms with Crippen molar-refractivity contribution in [1.29, 1.82) is 0 Å². The number of fused-ring (bicyclic) bond motifs is 1. The van der Waals surface area contributed by atoms with Crippen molar-refractivity contribution < 1.29 is 36.0 Å². The van der Waals surface area contributed by atoms with Crippen LogP contribution in [0.1, 0.15) is 5.56 Å². The quantitative estimate of drug-likeness (QED) is 0.565. The average molecular weight is 374 g/mol. The Morgan fingerprint density at radius 2 is 1.88 bits per heavy atom. The number of halogens is 2. The van der Waals surface area contributed by atoms with E-state index < -0.39 is 22.0 Å². The zero-order chi connectivity index (χ0) is 18.1. The third-order valence-corrected chi connectivity index (χ3v) is 4.58. The Kier molecular flexibility index (Phi) is 4.92. The monoisotopic (exact) mass is 374 g/mol. The normalized spacial score (nSPS) is 17.6. The summed E-state index contributed by atoms with van der Waals surface area (Å²) in [5.74, 6) is 0.637. The molecule has 1 heterocycles. The van der Waals surface area contributed by atoms with Gasteiger partial charge in [0.05, 0.1) is 13.2 Å². The van der Waals surface area contributed by atoms with Gasteiger partial charge in [-0.2, -0.15) is 17.2 Å². The minimum absolute atomic E-state index is 0.101. The lowest BCUT2D eigenvalue weighted by Crippen LogP contribution is -2.33. The van der Waals surface area contributed by atoms with Gasteiger partial charge < -0.3 is 14.2 Å². The Hall–Kier alpha value is -1.81. The fraction of sp³-hybridized carbons (Fsp3) is 0.375. The summed E-state index contributed by atoms with van der Waals surface area (Å²) in [4.78, 5) is 0. The van der Waals surface area contributed by atoms with Gasteiger partial charge in [-0.15, -0.1) is 0 Å². The van der Waals surface area contributed by atoms with E-state index in [1.54, 1.807) is 30.3 Å². The lowest BCUT2D eigenvalue weighted by Gasteiger charge is -2.14. The standard InChI is InChI=1S/C16H16F2O6S/c17-16(18,25(19,20)21)10-22-7-11-3-1-5-14-13(11)4-2-6-15(14)24-9-12-8-23-12/h1-6,12H,7-10H2,(H,19,20,21). The molecule has 25 heavy (non-hydrogen) atoms. The molecule has 0 amide bonds.